The van der Waals surface area contributed by atoms with Gasteiger partial charge in [0.05, 0.1) is 11.5 Å². The van der Waals surface area contributed by atoms with Crippen LogP contribution in [0.1, 0.15) is 23.1 Å². The van der Waals surface area contributed by atoms with Gasteiger partial charge in [-0.25, -0.2) is 8.42 Å². The largest absolute Gasteiger partial charge is 0.341 e. The molecule has 1 aromatic heterocycles. The number of sulfone groups is 1. The molecule has 0 saturated carbocycles. The molecule has 3 rings (SSSR count). The van der Waals surface area contributed by atoms with Crippen LogP contribution in [0, 0.1) is 13.8 Å². The lowest BCUT2D eigenvalue weighted by molar-refractivity contribution is 0.332. The van der Waals surface area contributed by atoms with Crippen LogP contribution in [0.15, 0.2) is 42.7 Å². The Morgan fingerprint density at radius 2 is 2.12 bits per heavy atom. The number of thiocarbonyl (C=S) groups is 1. The van der Waals surface area contributed by atoms with Crippen LogP contribution in [-0.4, -0.2) is 41.0 Å². The Balaban J connectivity index is 1.81. The van der Waals surface area contributed by atoms with E-state index in [1.165, 1.54) is 11.1 Å². The zero-order chi connectivity index (χ0) is 18.7. The number of nitrogens with zero attached hydrogens (tertiary/aromatic N) is 2. The van der Waals surface area contributed by atoms with Gasteiger partial charge in [-0.2, -0.15) is 0 Å². The van der Waals surface area contributed by atoms with E-state index in [4.69, 9.17) is 12.2 Å². The monoisotopic (exact) mass is 389 g/mol. The summed E-state index contributed by atoms with van der Waals surface area (Å²) in [5.74, 6) is 0.357. The predicted molar refractivity (Wildman–Crippen MR) is 109 cm³/mol. The molecule has 2 aromatic rings. The van der Waals surface area contributed by atoms with Gasteiger partial charge in [0.25, 0.3) is 0 Å². The first-order chi connectivity index (χ1) is 12.3. The molecule has 1 fully saturated rings. The molecular weight excluding hydrogens is 366 g/mol. The van der Waals surface area contributed by atoms with Gasteiger partial charge in [0, 0.05) is 30.7 Å². The highest BCUT2D eigenvalue weighted by molar-refractivity contribution is 7.91. The van der Waals surface area contributed by atoms with Crippen molar-refractivity contribution in [1.82, 2.24) is 9.88 Å². The first kappa shape index (κ1) is 18.8. The van der Waals surface area contributed by atoms with Crippen LogP contribution in [0.25, 0.3) is 0 Å². The molecule has 0 bridgehead atoms. The summed E-state index contributed by atoms with van der Waals surface area (Å²) in [6, 6.07) is 9.82. The second-order valence-corrected chi connectivity index (χ2v) is 9.39. The quantitative estimate of drug-likeness (QED) is 0.811. The average Bonchev–Trinajstić information content (AvgIpc) is 2.96. The maximum absolute atomic E-state index is 12.0. The highest BCUT2D eigenvalue weighted by Gasteiger charge is 2.33. The number of pyridine rings is 1. The zero-order valence-corrected chi connectivity index (χ0v) is 16.6. The standard InChI is InChI=1S/C19H23N3O2S2/c1-14-5-6-17(10-15(14)2)21-19(25)22(12-16-4-3-8-20-11-16)18-7-9-26(23,24)13-18/h3-6,8,10-11,18H,7,9,12-13H2,1-2H3,(H,21,25)/t18-/m1/s1. The fourth-order valence-electron chi connectivity index (χ4n) is 3.09. The van der Waals surface area contributed by atoms with E-state index in [1.807, 2.05) is 29.2 Å². The highest BCUT2D eigenvalue weighted by atomic mass is 32.2. The van der Waals surface area contributed by atoms with Crippen molar-refractivity contribution in [3.05, 3.63) is 59.4 Å². The summed E-state index contributed by atoms with van der Waals surface area (Å²) < 4.78 is 23.9. The maximum atomic E-state index is 12.0. The van der Waals surface area contributed by atoms with Crippen molar-refractivity contribution in [1.29, 1.82) is 0 Å². The zero-order valence-electron chi connectivity index (χ0n) is 15.0. The summed E-state index contributed by atoms with van der Waals surface area (Å²) in [5.41, 5.74) is 4.31. The number of benzene rings is 1. The summed E-state index contributed by atoms with van der Waals surface area (Å²) >= 11 is 5.64. The molecule has 0 aliphatic carbocycles. The van der Waals surface area contributed by atoms with E-state index in [0.29, 0.717) is 18.1 Å². The minimum atomic E-state index is -3.00. The molecule has 26 heavy (non-hydrogen) atoms. The van der Waals surface area contributed by atoms with Crippen LogP contribution in [0.3, 0.4) is 0 Å². The fraction of sp³-hybridized carbons (Fsp3) is 0.368. The third kappa shape index (κ3) is 4.59. The van der Waals surface area contributed by atoms with Crippen molar-refractivity contribution in [2.45, 2.75) is 32.9 Å². The Labute approximate surface area is 160 Å². The average molecular weight is 390 g/mol. The SMILES string of the molecule is Cc1ccc(NC(=S)N(Cc2cccnc2)[C@@H]2CCS(=O)(=O)C2)cc1C. The normalized spacial score (nSPS) is 18.5. The van der Waals surface area contributed by atoms with E-state index in [2.05, 4.69) is 30.2 Å². The summed E-state index contributed by atoms with van der Waals surface area (Å²) in [6.45, 7) is 4.65. The number of nitrogens with one attached hydrogen (secondary N) is 1. The summed E-state index contributed by atoms with van der Waals surface area (Å²) in [7, 11) is -3.00. The van der Waals surface area contributed by atoms with E-state index in [0.717, 1.165) is 11.3 Å². The van der Waals surface area contributed by atoms with Crippen LogP contribution in [0.5, 0.6) is 0 Å². The Bertz CT molecular complexity index is 898. The number of aromatic nitrogens is 1. The van der Waals surface area contributed by atoms with Crippen molar-refractivity contribution in [2.24, 2.45) is 0 Å². The summed E-state index contributed by atoms with van der Waals surface area (Å²) in [6.07, 6.45) is 4.10. The number of rotatable bonds is 4. The molecule has 0 radical (unpaired) electrons. The molecule has 1 saturated heterocycles. The maximum Gasteiger partial charge on any atom is 0.174 e. The van der Waals surface area contributed by atoms with Crippen molar-refractivity contribution in [3.63, 3.8) is 0 Å². The van der Waals surface area contributed by atoms with Crippen LogP contribution < -0.4 is 5.32 Å². The van der Waals surface area contributed by atoms with Crippen molar-refractivity contribution in [2.75, 3.05) is 16.8 Å². The number of anilines is 1. The van der Waals surface area contributed by atoms with Crippen LogP contribution in [-0.2, 0) is 16.4 Å². The van der Waals surface area contributed by atoms with Crippen LogP contribution in [0.4, 0.5) is 5.69 Å². The van der Waals surface area contributed by atoms with Gasteiger partial charge in [-0.3, -0.25) is 4.98 Å². The van der Waals surface area contributed by atoms with E-state index >= 15 is 0 Å². The molecule has 1 aromatic carbocycles. The second kappa shape index (κ2) is 7.72. The molecular formula is C19H23N3O2S2. The molecule has 2 heterocycles. The molecule has 1 aliphatic heterocycles. The van der Waals surface area contributed by atoms with Gasteiger partial charge in [0.1, 0.15) is 0 Å². The molecule has 1 aliphatic rings. The van der Waals surface area contributed by atoms with Gasteiger partial charge < -0.3 is 10.2 Å². The Morgan fingerprint density at radius 1 is 1.31 bits per heavy atom. The van der Waals surface area contributed by atoms with Gasteiger partial charge in [-0.1, -0.05) is 12.1 Å². The molecule has 0 amide bonds. The van der Waals surface area contributed by atoms with Crippen LogP contribution >= 0.6 is 12.2 Å². The van der Waals surface area contributed by atoms with Crippen molar-refractivity contribution in [3.8, 4) is 0 Å². The highest BCUT2D eigenvalue weighted by Crippen LogP contribution is 2.22. The molecule has 0 spiro atoms. The van der Waals surface area contributed by atoms with Gasteiger partial charge in [0.15, 0.2) is 14.9 Å². The Morgan fingerprint density at radius 3 is 2.73 bits per heavy atom. The third-order valence-corrected chi connectivity index (χ3v) is 6.83. The van der Waals surface area contributed by atoms with Crippen LogP contribution in [0.2, 0.25) is 0 Å². The van der Waals surface area contributed by atoms with Crippen molar-refractivity contribution < 1.29 is 8.42 Å². The van der Waals surface area contributed by atoms with E-state index in [-0.39, 0.29) is 17.5 Å². The minimum Gasteiger partial charge on any atom is -0.341 e. The lowest BCUT2D eigenvalue weighted by atomic mass is 10.1. The Kier molecular flexibility index (Phi) is 5.58. The second-order valence-electron chi connectivity index (χ2n) is 6.78. The minimum absolute atomic E-state index is 0.119. The number of aryl methyl sites for hydroxylation is 2. The molecule has 1 N–H and O–H groups in total. The van der Waals surface area contributed by atoms with Gasteiger partial charge in [0.2, 0.25) is 0 Å². The summed E-state index contributed by atoms with van der Waals surface area (Å²) in [5, 5.41) is 3.82. The number of hydrogen-bond acceptors (Lipinski definition) is 4. The third-order valence-electron chi connectivity index (χ3n) is 4.74. The van der Waals surface area contributed by atoms with Crippen molar-refractivity contribution >= 4 is 32.9 Å². The fourth-order valence-corrected chi connectivity index (χ4v) is 5.15. The smallest absolute Gasteiger partial charge is 0.174 e. The van der Waals surface area contributed by atoms with E-state index in [1.54, 1.807) is 12.4 Å². The molecule has 5 nitrogen and oxygen atoms in total. The molecule has 138 valence electrons. The van der Waals surface area contributed by atoms with Gasteiger partial charge >= 0.3 is 0 Å². The molecule has 7 heteroatoms. The first-order valence-corrected chi connectivity index (χ1v) is 10.8. The Hall–Kier alpha value is -1.99. The van der Waals surface area contributed by atoms with E-state index in [9.17, 15) is 8.42 Å². The number of hydrogen-bond donors (Lipinski definition) is 1. The van der Waals surface area contributed by atoms with Gasteiger partial charge in [-0.05, 0) is 67.4 Å². The molecule has 1 atom stereocenters. The van der Waals surface area contributed by atoms with Gasteiger partial charge in [-0.15, -0.1) is 0 Å². The topological polar surface area (TPSA) is 62.3 Å². The summed E-state index contributed by atoms with van der Waals surface area (Å²) in [4.78, 5) is 6.13. The predicted octanol–water partition coefficient (Wildman–Crippen LogP) is 3.08. The lowest BCUT2D eigenvalue weighted by Crippen LogP contribution is -2.43. The lowest BCUT2D eigenvalue weighted by Gasteiger charge is -2.31. The van der Waals surface area contributed by atoms with E-state index < -0.39 is 9.84 Å². The molecule has 0 unspecified atom stereocenters. The first-order valence-electron chi connectivity index (χ1n) is 8.58.